The molecule has 1 amide bonds. The minimum Gasteiger partial charge on any atom is -0.349 e. The molecule has 0 spiro atoms. The van der Waals surface area contributed by atoms with E-state index in [4.69, 9.17) is 23.2 Å². The number of carbonyl (C=O) groups excluding carboxylic acids is 1. The molecule has 0 aromatic heterocycles. The Balaban J connectivity index is 1.61. The summed E-state index contributed by atoms with van der Waals surface area (Å²) < 4.78 is 0. The summed E-state index contributed by atoms with van der Waals surface area (Å²) in [5.41, 5.74) is 0.547. The number of carbonyl (C=O) groups is 1. The van der Waals surface area contributed by atoms with Crippen molar-refractivity contribution in [3.8, 4) is 0 Å². The summed E-state index contributed by atoms with van der Waals surface area (Å²) in [4.78, 5) is 15.1. The fourth-order valence-corrected chi connectivity index (χ4v) is 4.72. The van der Waals surface area contributed by atoms with Crippen LogP contribution in [0.5, 0.6) is 0 Å². The Labute approximate surface area is 154 Å². The van der Waals surface area contributed by atoms with Gasteiger partial charge in [0.05, 0.1) is 0 Å². The molecule has 1 aromatic rings. The molecule has 4 unspecified atom stereocenters. The molecule has 1 N–H and O–H groups in total. The lowest BCUT2D eigenvalue weighted by Crippen LogP contribution is -2.40. The summed E-state index contributed by atoms with van der Waals surface area (Å²) in [6, 6.07) is 5.27. The van der Waals surface area contributed by atoms with Gasteiger partial charge in [0.25, 0.3) is 5.91 Å². The lowest BCUT2D eigenvalue weighted by Gasteiger charge is -2.23. The molecule has 132 valence electrons. The highest BCUT2D eigenvalue weighted by Gasteiger charge is 2.43. The van der Waals surface area contributed by atoms with Gasteiger partial charge in [-0.15, -0.1) is 0 Å². The van der Waals surface area contributed by atoms with Gasteiger partial charge < -0.3 is 10.2 Å². The summed E-state index contributed by atoms with van der Waals surface area (Å²) in [6.07, 6.45) is 3.51. The molecule has 5 heteroatoms. The Morgan fingerprint density at radius 3 is 2.62 bits per heavy atom. The van der Waals surface area contributed by atoms with E-state index < -0.39 is 0 Å². The Morgan fingerprint density at radius 1 is 1.25 bits per heavy atom. The molecule has 1 aliphatic carbocycles. The number of nitrogens with one attached hydrogen (secondary N) is 1. The molecule has 1 saturated carbocycles. The van der Waals surface area contributed by atoms with Crippen molar-refractivity contribution in [2.24, 2.45) is 17.8 Å². The SMILES string of the molecule is CCC(C)CN1CC2CCC(NC(=O)c3cc(Cl)cc(Cl)c3)C2C1. The van der Waals surface area contributed by atoms with Crippen molar-refractivity contribution in [3.05, 3.63) is 33.8 Å². The highest BCUT2D eigenvalue weighted by molar-refractivity contribution is 6.35. The second-order valence-corrected chi connectivity index (χ2v) is 8.34. The van der Waals surface area contributed by atoms with Crippen LogP contribution in [0.2, 0.25) is 10.0 Å². The topological polar surface area (TPSA) is 32.3 Å². The van der Waals surface area contributed by atoms with Crippen LogP contribution in [-0.4, -0.2) is 36.5 Å². The van der Waals surface area contributed by atoms with Gasteiger partial charge in [0.15, 0.2) is 0 Å². The minimum atomic E-state index is -0.0644. The van der Waals surface area contributed by atoms with E-state index in [0.717, 1.165) is 24.8 Å². The number of hydrogen-bond donors (Lipinski definition) is 1. The number of amides is 1. The van der Waals surface area contributed by atoms with Gasteiger partial charge in [-0.3, -0.25) is 4.79 Å². The van der Waals surface area contributed by atoms with Crippen LogP contribution in [0.15, 0.2) is 18.2 Å². The predicted molar refractivity (Wildman–Crippen MR) is 99.8 cm³/mol. The first kappa shape index (κ1) is 18.0. The first-order valence-corrected chi connectivity index (χ1v) is 9.71. The molecule has 3 rings (SSSR count). The smallest absolute Gasteiger partial charge is 0.251 e. The van der Waals surface area contributed by atoms with Gasteiger partial charge in [0, 0.05) is 41.3 Å². The van der Waals surface area contributed by atoms with Gasteiger partial charge in [-0.25, -0.2) is 0 Å². The van der Waals surface area contributed by atoms with E-state index in [2.05, 4.69) is 24.1 Å². The molecular formula is C19H26Cl2N2O. The van der Waals surface area contributed by atoms with Crippen LogP contribution < -0.4 is 5.32 Å². The maximum atomic E-state index is 12.6. The number of halogens is 2. The zero-order valence-corrected chi connectivity index (χ0v) is 15.9. The van der Waals surface area contributed by atoms with E-state index in [1.165, 1.54) is 25.9 Å². The Hall–Kier alpha value is -0.770. The number of nitrogens with zero attached hydrogens (tertiary/aromatic N) is 1. The summed E-state index contributed by atoms with van der Waals surface area (Å²) in [5, 5.41) is 4.22. The summed E-state index contributed by atoms with van der Waals surface area (Å²) in [6.45, 7) is 8.03. The summed E-state index contributed by atoms with van der Waals surface area (Å²) >= 11 is 12.0. The third kappa shape index (κ3) is 4.07. The molecule has 2 fully saturated rings. The second kappa shape index (κ2) is 7.63. The van der Waals surface area contributed by atoms with Gasteiger partial charge in [0.1, 0.15) is 0 Å². The molecular weight excluding hydrogens is 343 g/mol. The zero-order valence-electron chi connectivity index (χ0n) is 14.4. The van der Waals surface area contributed by atoms with E-state index >= 15 is 0 Å². The van der Waals surface area contributed by atoms with E-state index in [1.54, 1.807) is 18.2 Å². The standard InChI is InChI=1S/C19H26Cl2N2O/c1-3-12(2)9-23-10-13-4-5-18(17(13)11-23)22-19(24)14-6-15(20)8-16(21)7-14/h6-8,12-13,17-18H,3-5,9-11H2,1-2H3,(H,22,24). The van der Waals surface area contributed by atoms with Gasteiger partial charge in [-0.05, 0) is 48.8 Å². The monoisotopic (exact) mass is 368 g/mol. The van der Waals surface area contributed by atoms with Crippen molar-refractivity contribution in [1.82, 2.24) is 10.2 Å². The highest BCUT2D eigenvalue weighted by Crippen LogP contribution is 2.38. The van der Waals surface area contributed by atoms with Crippen molar-refractivity contribution in [2.45, 2.75) is 39.2 Å². The summed E-state index contributed by atoms with van der Waals surface area (Å²) in [7, 11) is 0. The quantitative estimate of drug-likeness (QED) is 0.830. The average Bonchev–Trinajstić information content (AvgIpc) is 3.07. The molecule has 4 atom stereocenters. The van der Waals surface area contributed by atoms with Crippen LogP contribution >= 0.6 is 23.2 Å². The van der Waals surface area contributed by atoms with Crippen LogP contribution in [0.4, 0.5) is 0 Å². The number of fused-ring (bicyclic) bond motifs is 1. The number of benzene rings is 1. The average molecular weight is 369 g/mol. The van der Waals surface area contributed by atoms with Crippen LogP contribution in [0, 0.1) is 17.8 Å². The zero-order chi connectivity index (χ0) is 17.3. The van der Waals surface area contributed by atoms with Gasteiger partial charge in [-0.2, -0.15) is 0 Å². The van der Waals surface area contributed by atoms with Crippen LogP contribution in [0.25, 0.3) is 0 Å². The fraction of sp³-hybridized carbons (Fsp3) is 0.632. The minimum absolute atomic E-state index is 0.0644. The van der Waals surface area contributed by atoms with Crippen molar-refractivity contribution in [3.63, 3.8) is 0 Å². The molecule has 1 saturated heterocycles. The first-order chi connectivity index (χ1) is 11.5. The van der Waals surface area contributed by atoms with E-state index in [9.17, 15) is 4.79 Å². The van der Waals surface area contributed by atoms with E-state index in [0.29, 0.717) is 21.5 Å². The molecule has 0 radical (unpaired) electrons. The van der Waals surface area contributed by atoms with Crippen molar-refractivity contribution in [1.29, 1.82) is 0 Å². The molecule has 1 aliphatic heterocycles. The van der Waals surface area contributed by atoms with E-state index in [1.807, 2.05) is 0 Å². The highest BCUT2D eigenvalue weighted by atomic mass is 35.5. The maximum Gasteiger partial charge on any atom is 0.251 e. The molecule has 1 aromatic carbocycles. The predicted octanol–water partition coefficient (Wildman–Crippen LogP) is 4.48. The molecule has 3 nitrogen and oxygen atoms in total. The molecule has 0 bridgehead atoms. The van der Waals surface area contributed by atoms with Crippen LogP contribution in [0.3, 0.4) is 0 Å². The van der Waals surface area contributed by atoms with Crippen molar-refractivity contribution < 1.29 is 4.79 Å². The third-order valence-electron chi connectivity index (χ3n) is 5.64. The lowest BCUT2D eigenvalue weighted by molar-refractivity contribution is 0.0925. The first-order valence-electron chi connectivity index (χ1n) is 8.95. The maximum absolute atomic E-state index is 12.6. The number of hydrogen-bond acceptors (Lipinski definition) is 2. The fourth-order valence-electron chi connectivity index (χ4n) is 4.19. The lowest BCUT2D eigenvalue weighted by atomic mass is 9.97. The summed E-state index contributed by atoms with van der Waals surface area (Å²) in [5.74, 6) is 1.98. The van der Waals surface area contributed by atoms with Gasteiger partial charge in [-0.1, -0.05) is 43.5 Å². The Bertz CT molecular complexity index is 587. The van der Waals surface area contributed by atoms with Crippen molar-refractivity contribution in [2.75, 3.05) is 19.6 Å². The Morgan fingerprint density at radius 2 is 1.96 bits per heavy atom. The molecule has 1 heterocycles. The van der Waals surface area contributed by atoms with Crippen LogP contribution in [0.1, 0.15) is 43.5 Å². The van der Waals surface area contributed by atoms with Crippen LogP contribution in [-0.2, 0) is 0 Å². The molecule has 24 heavy (non-hydrogen) atoms. The molecule has 2 aliphatic rings. The number of rotatable bonds is 5. The Kier molecular flexibility index (Phi) is 5.74. The number of likely N-dealkylation sites (tertiary alicyclic amines) is 1. The van der Waals surface area contributed by atoms with E-state index in [-0.39, 0.29) is 11.9 Å². The van der Waals surface area contributed by atoms with Gasteiger partial charge >= 0.3 is 0 Å². The second-order valence-electron chi connectivity index (χ2n) is 7.47. The normalized spacial score (nSPS) is 27.9. The van der Waals surface area contributed by atoms with Crippen molar-refractivity contribution >= 4 is 29.1 Å². The van der Waals surface area contributed by atoms with Gasteiger partial charge in [0.2, 0.25) is 0 Å². The largest absolute Gasteiger partial charge is 0.349 e. The third-order valence-corrected chi connectivity index (χ3v) is 6.08.